The first-order chi connectivity index (χ1) is 18.6. The van der Waals surface area contributed by atoms with E-state index < -0.39 is 0 Å². The van der Waals surface area contributed by atoms with Crippen LogP contribution in [0.5, 0.6) is 0 Å². The summed E-state index contributed by atoms with van der Waals surface area (Å²) >= 11 is 0. The largest absolute Gasteiger partial charge is 0.392 e. The van der Waals surface area contributed by atoms with E-state index in [0.29, 0.717) is 12.6 Å². The number of rotatable bonds is 9. The van der Waals surface area contributed by atoms with E-state index in [4.69, 9.17) is 0 Å². The monoisotopic (exact) mass is 543 g/mol. The molecule has 0 spiro atoms. The van der Waals surface area contributed by atoms with Crippen LogP contribution in [0, 0.1) is 6.92 Å². The van der Waals surface area contributed by atoms with Gasteiger partial charge in [-0.2, -0.15) is 0 Å². The zero-order chi connectivity index (χ0) is 30.6. The van der Waals surface area contributed by atoms with Crippen molar-refractivity contribution in [1.29, 1.82) is 0 Å². The van der Waals surface area contributed by atoms with E-state index in [0.717, 1.165) is 55.5 Å². The van der Waals surface area contributed by atoms with Gasteiger partial charge in [0.1, 0.15) is 6.29 Å². The summed E-state index contributed by atoms with van der Waals surface area (Å²) in [6.45, 7) is 28.8. The number of carbonyl (C=O) groups is 2. The van der Waals surface area contributed by atoms with Gasteiger partial charge in [-0.1, -0.05) is 62.8 Å². The number of piperidine rings is 1. The van der Waals surface area contributed by atoms with Crippen LogP contribution in [0.3, 0.4) is 0 Å². The van der Waals surface area contributed by atoms with Gasteiger partial charge in [0, 0.05) is 36.4 Å². The maximum absolute atomic E-state index is 11.9. The molecule has 0 saturated carbocycles. The number of aliphatic hydroxyl groups excluding tert-OH is 1. The predicted octanol–water partition coefficient (Wildman–Crippen LogP) is 7.01. The van der Waals surface area contributed by atoms with Crippen molar-refractivity contribution in [1.82, 2.24) is 10.2 Å². The van der Waals surface area contributed by atoms with E-state index in [-0.39, 0.29) is 18.6 Å². The average Bonchev–Trinajstić information content (AvgIpc) is 2.93. The second kappa shape index (κ2) is 28.1. The summed E-state index contributed by atoms with van der Waals surface area (Å²) in [6, 6.07) is 6.37. The zero-order valence-corrected chi connectivity index (χ0v) is 26.1. The van der Waals surface area contributed by atoms with Gasteiger partial charge in [0.15, 0.2) is 0 Å². The minimum atomic E-state index is 0.00895. The van der Waals surface area contributed by atoms with Crippen molar-refractivity contribution >= 4 is 17.9 Å². The Bertz CT molecular complexity index is 825. The maximum Gasteiger partial charge on any atom is 0.234 e. The van der Waals surface area contributed by atoms with Gasteiger partial charge in [-0.15, -0.1) is 19.7 Å². The lowest BCUT2D eigenvalue weighted by molar-refractivity contribution is -0.122. The van der Waals surface area contributed by atoms with Crippen LogP contribution >= 0.6 is 0 Å². The van der Waals surface area contributed by atoms with Gasteiger partial charge in [0.2, 0.25) is 5.91 Å². The predicted molar refractivity (Wildman–Crippen MR) is 171 cm³/mol. The number of carbonyl (C=O) groups excluding carboxylic acids is 2. The Morgan fingerprint density at radius 3 is 2.13 bits per heavy atom. The lowest BCUT2D eigenvalue weighted by Gasteiger charge is -2.33. The number of anilines is 1. The van der Waals surface area contributed by atoms with E-state index >= 15 is 0 Å². The van der Waals surface area contributed by atoms with Gasteiger partial charge < -0.3 is 15.7 Å². The SMILES string of the molecule is C/C=C/C=O.C=C(C)CC.C=CC.C=CC(C)NC(=O)CN1CCC(Nc2c(C)cccc2CO)CC1.CC. The van der Waals surface area contributed by atoms with Gasteiger partial charge in [0.05, 0.1) is 13.2 Å². The van der Waals surface area contributed by atoms with Gasteiger partial charge in [0.25, 0.3) is 0 Å². The van der Waals surface area contributed by atoms with Gasteiger partial charge in [-0.3, -0.25) is 14.5 Å². The molecule has 1 heterocycles. The van der Waals surface area contributed by atoms with Crippen LogP contribution in [0.2, 0.25) is 0 Å². The number of nitrogens with one attached hydrogen (secondary N) is 2. The molecule has 222 valence electrons. The molecule has 1 atom stereocenters. The number of aldehydes is 1. The quantitative estimate of drug-likeness (QED) is 0.177. The Kier molecular flexibility index (Phi) is 29.2. The lowest BCUT2D eigenvalue weighted by atomic mass is 10.0. The second-order valence-electron chi connectivity index (χ2n) is 8.93. The molecule has 1 aliphatic rings. The Morgan fingerprint density at radius 1 is 1.21 bits per heavy atom. The highest BCUT2D eigenvalue weighted by Gasteiger charge is 2.22. The normalized spacial score (nSPS) is 13.3. The summed E-state index contributed by atoms with van der Waals surface area (Å²) in [5.74, 6) is 0.0512. The third kappa shape index (κ3) is 22.7. The van der Waals surface area contributed by atoms with Crippen LogP contribution in [0.25, 0.3) is 0 Å². The first-order valence-electron chi connectivity index (χ1n) is 14.0. The Morgan fingerprint density at radius 2 is 1.74 bits per heavy atom. The topological polar surface area (TPSA) is 81.7 Å². The number of para-hydroxylation sites is 1. The molecule has 1 unspecified atom stereocenters. The smallest absolute Gasteiger partial charge is 0.234 e. The number of nitrogens with zero attached hydrogens (tertiary/aromatic N) is 1. The number of aryl methyl sites for hydroxylation is 1. The summed E-state index contributed by atoms with van der Waals surface area (Å²) in [4.78, 5) is 23.4. The van der Waals surface area contributed by atoms with Crippen LogP contribution in [-0.2, 0) is 16.2 Å². The van der Waals surface area contributed by atoms with E-state index in [1.165, 1.54) is 11.6 Å². The fourth-order valence-electron chi connectivity index (χ4n) is 3.15. The molecule has 6 heteroatoms. The number of aliphatic hydroxyl groups is 1. The van der Waals surface area contributed by atoms with Crippen molar-refractivity contribution in [3.05, 3.63) is 78.9 Å². The molecule has 2 rings (SSSR count). The van der Waals surface area contributed by atoms with E-state index in [9.17, 15) is 14.7 Å². The van der Waals surface area contributed by atoms with Crippen molar-refractivity contribution < 1.29 is 14.7 Å². The summed E-state index contributed by atoms with van der Waals surface area (Å²) in [6.07, 6.45) is 10.5. The maximum atomic E-state index is 11.9. The van der Waals surface area contributed by atoms with Crippen molar-refractivity contribution in [2.45, 2.75) is 93.3 Å². The standard InChI is InChI=1S/C19H29N3O2.C5H10.C4H6O.C3H6.C2H6/c1-4-15(3)20-18(24)12-22-10-8-17(9-11-22)21-19-14(2)6-5-7-16(19)13-23;1-4-5(2)3;1-2-3-4-5;1-3-2;1-2/h4-7,15,17,21,23H,1,8-13H2,2-3H3,(H,20,24);2,4H2,1,3H3;2-4H,1H3;3H,1H2,2H3;1-2H3/b;;3-2+;;. The summed E-state index contributed by atoms with van der Waals surface area (Å²) < 4.78 is 0. The number of amides is 1. The molecular formula is C33H57N3O3. The van der Waals surface area contributed by atoms with Crippen LogP contribution < -0.4 is 10.6 Å². The molecule has 0 radical (unpaired) electrons. The van der Waals surface area contributed by atoms with Crippen molar-refractivity contribution in [2.75, 3.05) is 25.0 Å². The van der Waals surface area contributed by atoms with Crippen LogP contribution in [0.4, 0.5) is 5.69 Å². The van der Waals surface area contributed by atoms with Crippen molar-refractivity contribution in [2.24, 2.45) is 0 Å². The minimum Gasteiger partial charge on any atom is -0.392 e. The third-order valence-corrected chi connectivity index (χ3v) is 5.45. The molecule has 1 fully saturated rings. The number of hydrogen-bond acceptors (Lipinski definition) is 5. The summed E-state index contributed by atoms with van der Waals surface area (Å²) in [7, 11) is 0. The van der Waals surface area contributed by atoms with Gasteiger partial charge in [-0.25, -0.2) is 0 Å². The fraction of sp³-hybridized carbons (Fsp3) is 0.515. The van der Waals surface area contributed by atoms with Crippen molar-refractivity contribution in [3.8, 4) is 0 Å². The number of allylic oxidation sites excluding steroid dienone is 4. The Balaban J connectivity index is -0.000000714. The molecule has 1 aromatic carbocycles. The number of benzene rings is 1. The van der Waals surface area contributed by atoms with E-state index in [2.05, 4.69) is 55.2 Å². The molecule has 1 amide bonds. The Labute approximate surface area is 240 Å². The number of likely N-dealkylation sites (tertiary alicyclic amines) is 1. The summed E-state index contributed by atoms with van der Waals surface area (Å²) in [5, 5.41) is 16.0. The Hall–Kier alpha value is -2.96. The fourth-order valence-corrected chi connectivity index (χ4v) is 3.15. The molecule has 39 heavy (non-hydrogen) atoms. The highest BCUT2D eigenvalue weighted by Crippen LogP contribution is 2.24. The van der Waals surface area contributed by atoms with Crippen LogP contribution in [0.1, 0.15) is 78.9 Å². The molecule has 0 aliphatic carbocycles. The highest BCUT2D eigenvalue weighted by atomic mass is 16.3. The average molecular weight is 544 g/mol. The molecule has 0 bridgehead atoms. The van der Waals surface area contributed by atoms with E-state index in [1.807, 2.05) is 46.8 Å². The molecule has 1 saturated heterocycles. The first-order valence-corrected chi connectivity index (χ1v) is 14.0. The molecule has 1 aliphatic heterocycles. The molecule has 0 aromatic heterocycles. The summed E-state index contributed by atoms with van der Waals surface area (Å²) in [5.41, 5.74) is 4.40. The third-order valence-electron chi connectivity index (χ3n) is 5.45. The zero-order valence-electron chi connectivity index (χ0n) is 26.1. The lowest BCUT2D eigenvalue weighted by Crippen LogP contribution is -2.45. The highest BCUT2D eigenvalue weighted by molar-refractivity contribution is 5.78. The second-order valence-corrected chi connectivity index (χ2v) is 8.93. The van der Waals surface area contributed by atoms with Gasteiger partial charge in [-0.05, 0) is 65.5 Å². The van der Waals surface area contributed by atoms with Crippen LogP contribution in [-0.4, -0.2) is 53.9 Å². The van der Waals surface area contributed by atoms with E-state index in [1.54, 1.807) is 25.2 Å². The minimum absolute atomic E-state index is 0.00895. The van der Waals surface area contributed by atoms with Crippen LogP contribution in [0.15, 0.2) is 67.8 Å². The number of hydrogen-bond donors (Lipinski definition) is 3. The molecular weight excluding hydrogens is 486 g/mol. The molecule has 6 nitrogen and oxygen atoms in total. The first kappa shape index (κ1) is 40.5. The van der Waals surface area contributed by atoms with Gasteiger partial charge >= 0.3 is 0 Å². The molecule has 3 N–H and O–H groups in total. The van der Waals surface area contributed by atoms with Crippen molar-refractivity contribution in [3.63, 3.8) is 0 Å². The molecule has 1 aromatic rings.